The summed E-state index contributed by atoms with van der Waals surface area (Å²) >= 11 is 0. The summed E-state index contributed by atoms with van der Waals surface area (Å²) in [6, 6.07) is 17.5. The van der Waals surface area contributed by atoms with Gasteiger partial charge in [-0.1, -0.05) is 60.7 Å². The van der Waals surface area contributed by atoms with E-state index in [1.165, 1.54) is 12.7 Å². The molecule has 2 N–H and O–H groups in total. The van der Waals surface area contributed by atoms with Gasteiger partial charge >= 0.3 is 5.97 Å². The van der Waals surface area contributed by atoms with Gasteiger partial charge in [-0.05, 0) is 11.1 Å². The van der Waals surface area contributed by atoms with Crippen LogP contribution in [0.5, 0.6) is 0 Å². The van der Waals surface area contributed by atoms with Gasteiger partial charge in [-0.2, -0.15) is 0 Å². The third-order valence-electron chi connectivity index (χ3n) is 5.86. The topological polar surface area (TPSA) is 114 Å². The van der Waals surface area contributed by atoms with Crippen molar-refractivity contribution < 1.29 is 40.9 Å². The molecule has 1 aliphatic heterocycles. The van der Waals surface area contributed by atoms with Gasteiger partial charge in [-0.15, -0.1) is 0 Å². The molecule has 1 saturated heterocycles. The zero-order valence-electron chi connectivity index (χ0n) is 18.7. The summed E-state index contributed by atoms with van der Waals surface area (Å²) in [4.78, 5) is 37.3. The largest absolute Gasteiger partial charge is 1.00 e. The van der Waals surface area contributed by atoms with Gasteiger partial charge in [0, 0.05) is 6.42 Å². The van der Waals surface area contributed by atoms with Crippen LogP contribution >= 0.6 is 0 Å². The lowest BCUT2D eigenvalue weighted by Gasteiger charge is -2.30. The Hall–Kier alpha value is -3.21. The number of likely N-dealkylation sites (N-methyl/N-ethyl adjacent to an activating group) is 1. The van der Waals surface area contributed by atoms with E-state index < -0.39 is 17.7 Å². The highest BCUT2D eigenvalue weighted by molar-refractivity contribution is 5.89. The molecule has 0 spiro atoms. The molecule has 1 aromatic heterocycles. The van der Waals surface area contributed by atoms with Crippen molar-refractivity contribution in [2.45, 2.75) is 18.1 Å². The average molecular weight is 528 g/mol. The van der Waals surface area contributed by atoms with Crippen molar-refractivity contribution in [3.8, 4) is 0 Å². The number of hydrogen-bond acceptors (Lipinski definition) is 7. The molecule has 3 aromatic rings. The zero-order valence-corrected chi connectivity index (χ0v) is 20.3. The van der Waals surface area contributed by atoms with Crippen LogP contribution in [-0.2, 0) is 19.9 Å². The molecule has 4 rings (SSSR count). The highest BCUT2D eigenvalue weighted by Crippen LogP contribution is 2.32. The summed E-state index contributed by atoms with van der Waals surface area (Å²) in [6.07, 6.45) is 2.78. The van der Waals surface area contributed by atoms with E-state index in [4.69, 9.17) is 4.74 Å². The maximum absolute atomic E-state index is 13.3. The van der Waals surface area contributed by atoms with Crippen molar-refractivity contribution in [1.29, 1.82) is 0 Å². The van der Waals surface area contributed by atoms with E-state index in [1.807, 2.05) is 19.2 Å². The van der Waals surface area contributed by atoms with Gasteiger partial charge in [-0.25, -0.2) is 19.7 Å². The van der Waals surface area contributed by atoms with E-state index in [0.717, 1.165) is 0 Å². The number of ether oxygens (including phenoxy) is 1. The molecule has 2 aromatic carbocycles. The molecule has 0 aliphatic carbocycles. The number of aromatic nitrogens is 3. The van der Waals surface area contributed by atoms with Crippen LogP contribution in [0.25, 0.3) is 0 Å². The van der Waals surface area contributed by atoms with Crippen LogP contribution in [0.3, 0.4) is 0 Å². The molecule has 2 heterocycles. The van der Waals surface area contributed by atoms with E-state index in [-0.39, 0.29) is 35.4 Å². The number of carbonyl (C=O) groups is 2. The standard InChI is InChI=1S/C24H25N5O4.BrH/c1-29(15-21(30)28-23-26-16-25-17-27-23)13-12-20(14-29)33-22(31)24(32,18-8-4-2-5-9-18)19-10-6-3-7-11-19;/h2-11,16-17,20,32H,12-15H2,1H3;1H. The molecule has 1 fully saturated rings. The second kappa shape index (κ2) is 10.8. The lowest BCUT2D eigenvalue weighted by Crippen LogP contribution is -3.00. The minimum atomic E-state index is -1.93. The summed E-state index contributed by atoms with van der Waals surface area (Å²) in [7, 11) is 1.93. The first-order chi connectivity index (χ1) is 15.9. The first kappa shape index (κ1) is 25.4. The van der Waals surface area contributed by atoms with E-state index in [1.54, 1.807) is 48.5 Å². The minimum absolute atomic E-state index is 0. The van der Waals surface area contributed by atoms with Crippen LogP contribution in [0.1, 0.15) is 17.5 Å². The maximum Gasteiger partial charge on any atom is 0.348 e. The van der Waals surface area contributed by atoms with Crippen molar-refractivity contribution in [3.05, 3.63) is 84.4 Å². The maximum atomic E-state index is 13.3. The van der Waals surface area contributed by atoms with Gasteiger partial charge in [0.15, 0.2) is 12.6 Å². The summed E-state index contributed by atoms with van der Waals surface area (Å²) in [5.74, 6) is -0.770. The Balaban J connectivity index is 0.00000324. The Bertz CT molecular complexity index is 1060. The first-order valence-corrected chi connectivity index (χ1v) is 10.7. The van der Waals surface area contributed by atoms with E-state index >= 15 is 0 Å². The Labute approximate surface area is 208 Å². The van der Waals surface area contributed by atoms with E-state index in [9.17, 15) is 14.7 Å². The van der Waals surface area contributed by atoms with Gasteiger partial charge < -0.3 is 31.3 Å². The van der Waals surface area contributed by atoms with Crippen LogP contribution in [0.15, 0.2) is 73.3 Å². The monoisotopic (exact) mass is 527 g/mol. The number of esters is 1. The second-order valence-corrected chi connectivity index (χ2v) is 8.45. The van der Waals surface area contributed by atoms with Gasteiger partial charge in [0.05, 0.1) is 13.6 Å². The Morgan fingerprint density at radius 2 is 1.62 bits per heavy atom. The van der Waals surface area contributed by atoms with Crippen LogP contribution in [0.4, 0.5) is 5.95 Å². The highest BCUT2D eigenvalue weighted by atomic mass is 79.9. The predicted molar refractivity (Wildman–Crippen MR) is 120 cm³/mol. The number of carbonyl (C=O) groups excluding carboxylic acids is 2. The molecule has 178 valence electrons. The van der Waals surface area contributed by atoms with Crippen LogP contribution in [0.2, 0.25) is 0 Å². The Kier molecular flexibility index (Phi) is 8.08. The summed E-state index contributed by atoms with van der Waals surface area (Å²) in [6.45, 7) is 1.29. The number of anilines is 1. The van der Waals surface area contributed by atoms with Crippen molar-refractivity contribution in [3.63, 3.8) is 0 Å². The third kappa shape index (κ3) is 5.64. The number of nitrogens with one attached hydrogen (secondary N) is 1. The van der Waals surface area contributed by atoms with Gasteiger partial charge in [0.2, 0.25) is 11.5 Å². The molecule has 2 atom stereocenters. The fourth-order valence-electron chi connectivity index (χ4n) is 4.18. The molecule has 34 heavy (non-hydrogen) atoms. The minimum Gasteiger partial charge on any atom is -1.00 e. The normalized spacial score (nSPS) is 19.6. The quantitative estimate of drug-likeness (QED) is 0.284. The Morgan fingerprint density at radius 1 is 1.06 bits per heavy atom. The number of aliphatic hydroxyl groups is 1. The zero-order chi connectivity index (χ0) is 23.3. The number of amides is 1. The predicted octanol–water partition coefficient (Wildman–Crippen LogP) is -1.49. The van der Waals surface area contributed by atoms with Crippen molar-refractivity contribution in [2.24, 2.45) is 0 Å². The van der Waals surface area contributed by atoms with E-state index in [0.29, 0.717) is 35.1 Å². The van der Waals surface area contributed by atoms with Crippen LogP contribution in [0, 0.1) is 0 Å². The number of hydrogen-bond donors (Lipinski definition) is 2. The average Bonchev–Trinajstić information content (AvgIpc) is 3.19. The van der Waals surface area contributed by atoms with Crippen molar-refractivity contribution >= 4 is 17.8 Å². The molecule has 0 saturated carbocycles. The molecular weight excluding hydrogens is 502 g/mol. The number of rotatable bonds is 7. The van der Waals surface area contributed by atoms with Crippen LogP contribution in [-0.4, -0.2) is 69.2 Å². The summed E-state index contributed by atoms with van der Waals surface area (Å²) in [5.41, 5.74) is -1.05. The number of benzene rings is 2. The van der Waals surface area contributed by atoms with Crippen molar-refractivity contribution in [1.82, 2.24) is 15.0 Å². The highest BCUT2D eigenvalue weighted by Gasteiger charge is 2.45. The van der Waals surface area contributed by atoms with Gasteiger partial charge in [-0.3, -0.25) is 10.1 Å². The first-order valence-electron chi connectivity index (χ1n) is 10.7. The third-order valence-corrected chi connectivity index (χ3v) is 5.86. The van der Waals surface area contributed by atoms with Crippen molar-refractivity contribution in [2.75, 3.05) is 32.0 Å². The fourth-order valence-corrected chi connectivity index (χ4v) is 4.18. The van der Waals surface area contributed by atoms with Gasteiger partial charge in [0.1, 0.15) is 19.2 Å². The number of nitrogens with zero attached hydrogens (tertiary/aromatic N) is 4. The van der Waals surface area contributed by atoms with Gasteiger partial charge in [0.25, 0.3) is 5.91 Å². The molecule has 1 aliphatic rings. The van der Waals surface area contributed by atoms with Crippen LogP contribution < -0.4 is 22.3 Å². The number of quaternary nitrogens is 1. The second-order valence-electron chi connectivity index (χ2n) is 8.45. The Morgan fingerprint density at radius 3 is 2.18 bits per heavy atom. The number of halogens is 1. The lowest BCUT2D eigenvalue weighted by atomic mass is 9.86. The lowest BCUT2D eigenvalue weighted by molar-refractivity contribution is -0.890. The fraction of sp³-hybridized carbons (Fsp3) is 0.292. The smallest absolute Gasteiger partial charge is 0.348 e. The number of likely N-dealkylation sites (tertiary alicyclic amines) is 1. The molecular formula is C24H26BrN5O4. The molecule has 0 bridgehead atoms. The molecule has 2 unspecified atom stereocenters. The summed E-state index contributed by atoms with van der Waals surface area (Å²) < 4.78 is 6.20. The SMILES string of the molecule is C[N+]1(CC(=O)Nc2ncncn2)CCC(OC(=O)C(O)(c2ccccc2)c2ccccc2)C1.[Br-]. The molecule has 9 nitrogen and oxygen atoms in total. The molecule has 0 radical (unpaired) electrons. The summed E-state index contributed by atoms with van der Waals surface area (Å²) in [5, 5.41) is 14.2. The van der Waals surface area contributed by atoms with E-state index in [2.05, 4.69) is 20.3 Å². The molecule has 1 amide bonds. The molecule has 10 heteroatoms.